The first-order valence-corrected chi connectivity index (χ1v) is 8.12. The molecule has 3 rings (SSSR count). The molecule has 1 atom stereocenters. The fraction of sp³-hybridized carbons (Fsp3) is 0.353. The van der Waals surface area contributed by atoms with Crippen LogP contribution in [0, 0.1) is 11.6 Å². The Kier molecular flexibility index (Phi) is 6.81. The molecule has 4 nitrogen and oxygen atoms in total. The Morgan fingerprint density at radius 2 is 2.08 bits per heavy atom. The van der Waals surface area contributed by atoms with E-state index in [1.165, 1.54) is 18.2 Å². The normalized spacial score (nSPS) is 17.1. The van der Waals surface area contributed by atoms with Crippen LogP contribution >= 0.6 is 24.0 Å². The minimum atomic E-state index is -0.444. The molecule has 1 aromatic heterocycles. The molecule has 1 fully saturated rings. The van der Waals surface area contributed by atoms with Crippen LogP contribution in [0.2, 0.25) is 5.02 Å². The molecule has 0 bridgehead atoms. The third-order valence-electron chi connectivity index (χ3n) is 3.86. The predicted octanol–water partition coefficient (Wildman–Crippen LogP) is 3.81. The number of piperazine rings is 1. The van der Waals surface area contributed by atoms with Crippen LogP contribution in [-0.2, 0) is 6.61 Å². The molecule has 1 saturated heterocycles. The topological polar surface area (TPSA) is 37.4 Å². The van der Waals surface area contributed by atoms with Crippen molar-refractivity contribution in [2.75, 3.05) is 24.5 Å². The van der Waals surface area contributed by atoms with Gasteiger partial charge in [0.05, 0.1) is 0 Å². The summed E-state index contributed by atoms with van der Waals surface area (Å²) in [6.45, 7) is 4.14. The molecule has 1 aliphatic heterocycles. The number of nitrogens with one attached hydrogen (secondary N) is 1. The Morgan fingerprint density at radius 3 is 2.80 bits per heavy atom. The van der Waals surface area contributed by atoms with Gasteiger partial charge in [-0.1, -0.05) is 17.7 Å². The lowest BCUT2D eigenvalue weighted by Crippen LogP contribution is -2.49. The van der Waals surface area contributed by atoms with Gasteiger partial charge in [0, 0.05) is 42.3 Å². The lowest BCUT2D eigenvalue weighted by Gasteiger charge is -2.32. The van der Waals surface area contributed by atoms with Crippen molar-refractivity contribution in [3.63, 3.8) is 0 Å². The molecule has 0 radical (unpaired) electrons. The number of aromatic nitrogens is 1. The first-order valence-electron chi connectivity index (χ1n) is 7.74. The Morgan fingerprint density at radius 1 is 1.28 bits per heavy atom. The van der Waals surface area contributed by atoms with Crippen LogP contribution in [0.1, 0.15) is 12.5 Å². The Labute approximate surface area is 156 Å². The van der Waals surface area contributed by atoms with Crippen LogP contribution in [0.3, 0.4) is 0 Å². The minimum Gasteiger partial charge on any atom is -0.473 e. The second kappa shape index (κ2) is 8.65. The minimum absolute atomic E-state index is 0. The van der Waals surface area contributed by atoms with Gasteiger partial charge in [0.15, 0.2) is 11.6 Å². The summed E-state index contributed by atoms with van der Waals surface area (Å²) in [5, 5.41) is 3.62. The average molecular weight is 390 g/mol. The zero-order valence-electron chi connectivity index (χ0n) is 13.6. The molecule has 0 amide bonds. The van der Waals surface area contributed by atoms with Crippen molar-refractivity contribution in [2.45, 2.75) is 19.6 Å². The van der Waals surface area contributed by atoms with Gasteiger partial charge in [-0.15, -0.1) is 12.4 Å². The highest BCUT2D eigenvalue weighted by Gasteiger charge is 2.20. The molecule has 1 N–H and O–H groups in total. The second-order valence-electron chi connectivity index (χ2n) is 5.78. The van der Waals surface area contributed by atoms with E-state index in [0.29, 0.717) is 23.7 Å². The highest BCUT2D eigenvalue weighted by Crippen LogP contribution is 2.23. The van der Waals surface area contributed by atoms with Crippen molar-refractivity contribution < 1.29 is 13.5 Å². The van der Waals surface area contributed by atoms with E-state index in [1.54, 1.807) is 12.1 Å². The summed E-state index contributed by atoms with van der Waals surface area (Å²) in [7, 11) is 0. The number of benzene rings is 1. The molecule has 136 valence electrons. The zero-order chi connectivity index (χ0) is 17.1. The number of ether oxygens (including phenoxy) is 1. The fourth-order valence-corrected chi connectivity index (χ4v) is 2.79. The number of hydrogen-bond acceptors (Lipinski definition) is 4. The standard InChI is InChI=1S/C17H18ClF2N3O.ClH/c1-11-9-23(7-6-21-11)17-14(19)4-5-16(22-17)24-10-12-2-3-13(18)8-15(12)20;/h2-5,8,11,21H,6-7,9-10H2,1H3;1H. The first-order chi connectivity index (χ1) is 11.5. The van der Waals surface area contributed by atoms with Crippen molar-refractivity contribution in [3.05, 3.63) is 52.6 Å². The fourth-order valence-electron chi connectivity index (χ4n) is 2.63. The van der Waals surface area contributed by atoms with Gasteiger partial charge in [-0.25, -0.2) is 8.78 Å². The number of anilines is 1. The van der Waals surface area contributed by atoms with E-state index in [9.17, 15) is 8.78 Å². The van der Waals surface area contributed by atoms with E-state index in [-0.39, 0.29) is 36.8 Å². The summed E-state index contributed by atoms with van der Waals surface area (Å²) >= 11 is 5.72. The van der Waals surface area contributed by atoms with Crippen molar-refractivity contribution in [3.8, 4) is 5.88 Å². The van der Waals surface area contributed by atoms with Gasteiger partial charge < -0.3 is 15.0 Å². The van der Waals surface area contributed by atoms with Crippen LogP contribution in [0.4, 0.5) is 14.6 Å². The number of nitrogens with zero attached hydrogens (tertiary/aromatic N) is 2. The summed E-state index contributed by atoms with van der Waals surface area (Å²) in [6.07, 6.45) is 0. The molecule has 2 aromatic rings. The SMILES string of the molecule is CC1CN(c2nc(OCc3ccc(Cl)cc3F)ccc2F)CCN1.Cl. The maximum atomic E-state index is 14.1. The van der Waals surface area contributed by atoms with Gasteiger partial charge in [-0.2, -0.15) is 4.98 Å². The maximum Gasteiger partial charge on any atom is 0.215 e. The number of rotatable bonds is 4. The third-order valence-corrected chi connectivity index (χ3v) is 4.10. The maximum absolute atomic E-state index is 14.1. The molecule has 1 aromatic carbocycles. The Bertz CT molecular complexity index is 733. The molecular formula is C17H19Cl2F2N3O. The number of pyridine rings is 1. The van der Waals surface area contributed by atoms with Gasteiger partial charge in [-0.3, -0.25) is 0 Å². The van der Waals surface area contributed by atoms with E-state index in [2.05, 4.69) is 10.3 Å². The third kappa shape index (κ3) is 4.93. The molecule has 25 heavy (non-hydrogen) atoms. The highest BCUT2D eigenvalue weighted by molar-refractivity contribution is 6.30. The van der Waals surface area contributed by atoms with Crippen LogP contribution in [0.15, 0.2) is 30.3 Å². The molecule has 0 spiro atoms. The van der Waals surface area contributed by atoms with Gasteiger partial charge in [0.1, 0.15) is 12.4 Å². The van der Waals surface area contributed by atoms with Crippen molar-refractivity contribution in [1.29, 1.82) is 0 Å². The first kappa shape index (κ1) is 19.7. The highest BCUT2D eigenvalue weighted by atomic mass is 35.5. The van der Waals surface area contributed by atoms with Gasteiger partial charge in [0.25, 0.3) is 0 Å². The van der Waals surface area contributed by atoms with Crippen molar-refractivity contribution >= 4 is 29.8 Å². The molecule has 1 aliphatic rings. The van der Waals surface area contributed by atoms with Crippen molar-refractivity contribution in [1.82, 2.24) is 10.3 Å². The molecular weight excluding hydrogens is 371 g/mol. The lowest BCUT2D eigenvalue weighted by molar-refractivity contribution is 0.287. The zero-order valence-corrected chi connectivity index (χ0v) is 15.2. The average Bonchev–Trinajstić information content (AvgIpc) is 2.55. The lowest BCUT2D eigenvalue weighted by atomic mass is 10.2. The summed E-state index contributed by atoms with van der Waals surface area (Å²) in [6, 6.07) is 7.40. The molecule has 2 heterocycles. The van der Waals surface area contributed by atoms with Gasteiger partial charge in [0.2, 0.25) is 5.88 Å². The smallest absolute Gasteiger partial charge is 0.215 e. The van der Waals surface area contributed by atoms with Crippen LogP contribution in [0.25, 0.3) is 0 Å². The molecule has 8 heteroatoms. The monoisotopic (exact) mass is 389 g/mol. The van der Waals surface area contributed by atoms with Gasteiger partial charge >= 0.3 is 0 Å². The van der Waals surface area contributed by atoms with E-state index < -0.39 is 11.6 Å². The van der Waals surface area contributed by atoms with Crippen LogP contribution in [-0.4, -0.2) is 30.7 Å². The molecule has 1 unspecified atom stereocenters. The molecule has 0 saturated carbocycles. The second-order valence-corrected chi connectivity index (χ2v) is 6.22. The predicted molar refractivity (Wildman–Crippen MR) is 96.9 cm³/mol. The summed E-state index contributed by atoms with van der Waals surface area (Å²) in [5.41, 5.74) is 0.364. The number of halogens is 4. The van der Waals surface area contributed by atoms with Gasteiger partial charge in [-0.05, 0) is 25.1 Å². The Hall–Kier alpha value is -1.63. The Balaban J connectivity index is 0.00000225. The quantitative estimate of drug-likeness (QED) is 0.862. The van der Waals surface area contributed by atoms with Crippen molar-refractivity contribution in [2.24, 2.45) is 0 Å². The van der Waals surface area contributed by atoms with E-state index >= 15 is 0 Å². The van der Waals surface area contributed by atoms with E-state index in [1.807, 2.05) is 11.8 Å². The summed E-state index contributed by atoms with van der Waals surface area (Å²) in [4.78, 5) is 6.13. The summed E-state index contributed by atoms with van der Waals surface area (Å²) < 4.78 is 33.4. The van der Waals surface area contributed by atoms with Crippen LogP contribution in [0.5, 0.6) is 5.88 Å². The summed E-state index contributed by atoms with van der Waals surface area (Å²) in [5.74, 6) is -0.320. The largest absolute Gasteiger partial charge is 0.473 e. The molecule has 0 aliphatic carbocycles. The van der Waals surface area contributed by atoms with E-state index in [0.717, 1.165) is 6.54 Å². The van der Waals surface area contributed by atoms with E-state index in [4.69, 9.17) is 16.3 Å². The van der Waals surface area contributed by atoms with Crippen LogP contribution < -0.4 is 15.0 Å². The number of hydrogen-bond donors (Lipinski definition) is 1.